The molecule has 0 radical (unpaired) electrons. The second-order valence-corrected chi connectivity index (χ2v) is 5.36. The third-order valence-electron chi connectivity index (χ3n) is 2.58. The van der Waals surface area contributed by atoms with Crippen LogP contribution in [-0.2, 0) is 4.79 Å². The number of amides is 1. The highest BCUT2D eigenvalue weighted by molar-refractivity contribution is 7.99. The molecule has 2 N–H and O–H groups in total. The highest BCUT2D eigenvalue weighted by Crippen LogP contribution is 2.27. The maximum Gasteiger partial charge on any atom is 0.222 e. The van der Waals surface area contributed by atoms with Gasteiger partial charge in [0.05, 0.1) is 0 Å². The lowest BCUT2D eigenvalue weighted by atomic mass is 10.2. The highest BCUT2D eigenvalue weighted by Gasteiger charge is 2.05. The number of benzene rings is 1. The average molecular weight is 252 g/mol. The number of para-hydroxylation sites is 1. The Labute approximate surface area is 107 Å². The first-order valence-corrected chi connectivity index (χ1v) is 6.69. The van der Waals surface area contributed by atoms with Gasteiger partial charge in [-0.1, -0.05) is 12.1 Å². The summed E-state index contributed by atoms with van der Waals surface area (Å²) in [7, 11) is 3.57. The van der Waals surface area contributed by atoms with E-state index in [4.69, 9.17) is 5.73 Å². The summed E-state index contributed by atoms with van der Waals surface area (Å²) < 4.78 is 0. The SMILES string of the molecule is Cc1cccc(SCCCC(=O)N(C)C)c1N. The van der Waals surface area contributed by atoms with Gasteiger partial charge in [0.15, 0.2) is 0 Å². The van der Waals surface area contributed by atoms with Gasteiger partial charge in [0, 0.05) is 31.1 Å². The zero-order valence-corrected chi connectivity index (χ0v) is 11.5. The number of rotatable bonds is 5. The fourth-order valence-electron chi connectivity index (χ4n) is 1.41. The van der Waals surface area contributed by atoms with Crippen molar-refractivity contribution in [1.82, 2.24) is 4.90 Å². The zero-order valence-electron chi connectivity index (χ0n) is 10.7. The van der Waals surface area contributed by atoms with Gasteiger partial charge >= 0.3 is 0 Å². The van der Waals surface area contributed by atoms with E-state index in [9.17, 15) is 4.79 Å². The Hall–Kier alpha value is -1.16. The standard InChI is InChI=1S/C13H20N2OS/c1-10-6-4-7-11(13(10)14)17-9-5-8-12(16)15(2)3/h4,6-7H,5,8-9,14H2,1-3H3. The first-order valence-electron chi connectivity index (χ1n) is 5.70. The molecular formula is C13H20N2OS. The molecule has 1 rings (SSSR count). The Morgan fingerprint density at radius 2 is 2.12 bits per heavy atom. The van der Waals surface area contributed by atoms with E-state index in [1.165, 1.54) is 0 Å². The Kier molecular flexibility index (Phi) is 5.35. The molecule has 1 aromatic rings. The Morgan fingerprint density at radius 1 is 1.41 bits per heavy atom. The molecular weight excluding hydrogens is 232 g/mol. The second-order valence-electron chi connectivity index (χ2n) is 4.23. The third kappa shape index (κ3) is 4.30. The van der Waals surface area contributed by atoms with Gasteiger partial charge in [-0.25, -0.2) is 0 Å². The third-order valence-corrected chi connectivity index (χ3v) is 3.74. The molecule has 0 aromatic heterocycles. The summed E-state index contributed by atoms with van der Waals surface area (Å²) in [6.45, 7) is 2.01. The Bertz CT molecular complexity index is 391. The normalized spacial score (nSPS) is 10.3. The molecule has 0 fully saturated rings. The van der Waals surface area contributed by atoms with Gasteiger partial charge in [0.2, 0.25) is 5.91 Å². The van der Waals surface area contributed by atoms with Crippen molar-refractivity contribution >= 4 is 23.4 Å². The molecule has 94 valence electrons. The number of hydrogen-bond acceptors (Lipinski definition) is 3. The quantitative estimate of drug-likeness (QED) is 0.497. The summed E-state index contributed by atoms with van der Waals surface area (Å²) in [6, 6.07) is 6.05. The van der Waals surface area contributed by atoms with Crippen LogP contribution in [0.4, 0.5) is 5.69 Å². The van der Waals surface area contributed by atoms with Crippen molar-refractivity contribution in [3.63, 3.8) is 0 Å². The summed E-state index contributed by atoms with van der Waals surface area (Å²) in [5.41, 5.74) is 7.95. The van der Waals surface area contributed by atoms with Gasteiger partial charge in [-0.2, -0.15) is 0 Å². The molecule has 0 aliphatic carbocycles. The molecule has 4 heteroatoms. The van der Waals surface area contributed by atoms with Crippen molar-refractivity contribution < 1.29 is 4.79 Å². The van der Waals surface area contributed by atoms with Crippen LogP contribution in [0.5, 0.6) is 0 Å². The number of nitrogen functional groups attached to an aromatic ring is 1. The fraction of sp³-hybridized carbons (Fsp3) is 0.462. The van der Waals surface area contributed by atoms with E-state index in [1.54, 1.807) is 30.8 Å². The molecule has 0 saturated carbocycles. The lowest BCUT2D eigenvalue weighted by Crippen LogP contribution is -2.21. The molecule has 3 nitrogen and oxygen atoms in total. The fourth-order valence-corrected chi connectivity index (χ4v) is 2.41. The smallest absolute Gasteiger partial charge is 0.222 e. The molecule has 0 aliphatic heterocycles. The van der Waals surface area contributed by atoms with Gasteiger partial charge in [-0.3, -0.25) is 4.79 Å². The van der Waals surface area contributed by atoms with Crippen LogP contribution in [0.2, 0.25) is 0 Å². The lowest BCUT2D eigenvalue weighted by molar-refractivity contribution is -0.128. The van der Waals surface area contributed by atoms with Gasteiger partial charge < -0.3 is 10.6 Å². The number of anilines is 1. The van der Waals surface area contributed by atoms with Crippen molar-refractivity contribution in [2.45, 2.75) is 24.7 Å². The number of nitrogens with zero attached hydrogens (tertiary/aromatic N) is 1. The van der Waals surface area contributed by atoms with Crippen LogP contribution in [0.1, 0.15) is 18.4 Å². The van der Waals surface area contributed by atoms with Crippen molar-refractivity contribution in [3.05, 3.63) is 23.8 Å². The van der Waals surface area contributed by atoms with Gasteiger partial charge in [0.1, 0.15) is 0 Å². The lowest BCUT2D eigenvalue weighted by Gasteiger charge is -2.10. The Balaban J connectivity index is 2.36. The predicted molar refractivity (Wildman–Crippen MR) is 74.2 cm³/mol. The number of hydrogen-bond donors (Lipinski definition) is 1. The van der Waals surface area contributed by atoms with Crippen LogP contribution >= 0.6 is 11.8 Å². The molecule has 0 saturated heterocycles. The van der Waals surface area contributed by atoms with Crippen LogP contribution < -0.4 is 5.73 Å². The maximum atomic E-state index is 11.4. The summed E-state index contributed by atoms with van der Waals surface area (Å²) >= 11 is 1.72. The van der Waals surface area contributed by atoms with Gasteiger partial charge in [-0.15, -0.1) is 11.8 Å². The Morgan fingerprint density at radius 3 is 2.76 bits per heavy atom. The van der Waals surface area contributed by atoms with E-state index in [2.05, 4.69) is 0 Å². The maximum absolute atomic E-state index is 11.4. The number of carbonyl (C=O) groups is 1. The van der Waals surface area contributed by atoms with Crippen molar-refractivity contribution in [2.24, 2.45) is 0 Å². The molecule has 0 heterocycles. The van der Waals surface area contributed by atoms with Gasteiger partial charge in [0.25, 0.3) is 0 Å². The number of thioether (sulfide) groups is 1. The van der Waals surface area contributed by atoms with E-state index in [0.29, 0.717) is 6.42 Å². The van der Waals surface area contributed by atoms with Crippen LogP contribution in [0.15, 0.2) is 23.1 Å². The van der Waals surface area contributed by atoms with Crippen molar-refractivity contribution in [3.8, 4) is 0 Å². The van der Waals surface area contributed by atoms with E-state index in [1.807, 2.05) is 25.1 Å². The van der Waals surface area contributed by atoms with Crippen LogP contribution in [0.25, 0.3) is 0 Å². The molecule has 17 heavy (non-hydrogen) atoms. The first-order chi connectivity index (χ1) is 8.02. The monoisotopic (exact) mass is 252 g/mol. The largest absolute Gasteiger partial charge is 0.398 e. The number of nitrogens with two attached hydrogens (primary N) is 1. The molecule has 1 amide bonds. The topological polar surface area (TPSA) is 46.3 Å². The van der Waals surface area contributed by atoms with E-state index in [-0.39, 0.29) is 5.91 Å². The zero-order chi connectivity index (χ0) is 12.8. The van der Waals surface area contributed by atoms with Crippen LogP contribution in [0, 0.1) is 6.92 Å². The molecule has 0 unspecified atom stereocenters. The van der Waals surface area contributed by atoms with E-state index < -0.39 is 0 Å². The summed E-state index contributed by atoms with van der Waals surface area (Å²) in [5, 5.41) is 0. The van der Waals surface area contributed by atoms with Crippen LogP contribution in [0.3, 0.4) is 0 Å². The van der Waals surface area contributed by atoms with E-state index >= 15 is 0 Å². The molecule has 0 spiro atoms. The highest BCUT2D eigenvalue weighted by atomic mass is 32.2. The molecule has 1 aromatic carbocycles. The first kappa shape index (κ1) is 13.9. The second kappa shape index (κ2) is 6.55. The minimum Gasteiger partial charge on any atom is -0.398 e. The van der Waals surface area contributed by atoms with Crippen LogP contribution in [-0.4, -0.2) is 30.7 Å². The summed E-state index contributed by atoms with van der Waals surface area (Å²) in [4.78, 5) is 14.1. The summed E-state index contributed by atoms with van der Waals surface area (Å²) in [5.74, 6) is 1.11. The molecule has 0 atom stereocenters. The molecule has 0 bridgehead atoms. The number of aryl methyl sites for hydroxylation is 1. The molecule has 0 aliphatic rings. The number of carbonyl (C=O) groups excluding carboxylic acids is 1. The van der Waals surface area contributed by atoms with E-state index in [0.717, 1.165) is 28.3 Å². The van der Waals surface area contributed by atoms with Crippen molar-refractivity contribution in [2.75, 3.05) is 25.6 Å². The minimum absolute atomic E-state index is 0.183. The van der Waals surface area contributed by atoms with Crippen molar-refractivity contribution in [1.29, 1.82) is 0 Å². The predicted octanol–water partition coefficient (Wildman–Crippen LogP) is 2.54. The minimum atomic E-state index is 0.183. The average Bonchev–Trinajstić information content (AvgIpc) is 2.29. The van der Waals surface area contributed by atoms with Gasteiger partial charge in [-0.05, 0) is 30.7 Å². The summed E-state index contributed by atoms with van der Waals surface area (Å²) in [6.07, 6.45) is 1.49.